The summed E-state index contributed by atoms with van der Waals surface area (Å²) in [6, 6.07) is 0. The molecule has 0 heterocycles. The second-order valence-electron chi connectivity index (χ2n) is 1.08. The number of rotatable bonds is 2. The van der Waals surface area contributed by atoms with Gasteiger partial charge < -0.3 is 15.2 Å². The van der Waals surface area contributed by atoms with Crippen LogP contribution in [0.1, 0.15) is 0 Å². The van der Waals surface area contributed by atoms with Gasteiger partial charge in [-0.2, -0.15) is 0 Å². The largest absolute Gasteiger partial charge is 1.00 e. The molecule has 0 saturated carbocycles. The Balaban J connectivity index is -0.000000143. The molecule has 0 amide bonds. The molecule has 0 aromatic rings. The molecule has 0 bridgehead atoms. The summed E-state index contributed by atoms with van der Waals surface area (Å²) in [5, 5.41) is 23.9. The maximum absolute atomic E-state index is 10.2. The molecular weight excluding hydrogens is 192 g/mol. The molecule has 0 rings (SSSR count). The van der Waals surface area contributed by atoms with Crippen molar-refractivity contribution in [2.24, 2.45) is 0 Å². The minimum Gasteiger partial charge on any atom is -0.827 e. The molecule has 0 saturated heterocycles. The van der Waals surface area contributed by atoms with E-state index in [4.69, 9.17) is 24.8 Å². The van der Waals surface area contributed by atoms with Gasteiger partial charge in [0.1, 0.15) is 0 Å². The molecule has 0 fully saturated rings. The van der Waals surface area contributed by atoms with E-state index in [1.165, 1.54) is 0 Å². The number of aliphatic carboxylic acids is 2. The molecular formula is C2H2BF2LiO7. The zero-order chi connectivity index (χ0) is 10.1. The first-order valence-corrected chi connectivity index (χ1v) is 2.12. The van der Waals surface area contributed by atoms with Crippen molar-refractivity contribution in [2.45, 2.75) is 0 Å². The van der Waals surface area contributed by atoms with E-state index >= 15 is 0 Å². The van der Waals surface area contributed by atoms with Crippen LogP contribution in [0.3, 0.4) is 0 Å². The van der Waals surface area contributed by atoms with E-state index in [0.717, 1.165) is 0 Å². The maximum Gasteiger partial charge on any atom is 1.00 e. The van der Waals surface area contributed by atoms with Gasteiger partial charge in [-0.1, -0.05) is 9.05 Å². The summed E-state index contributed by atoms with van der Waals surface area (Å²) in [6.07, 6.45) is 0. The molecule has 0 aliphatic rings. The topological polar surface area (TPSA) is 116 Å². The molecule has 13 heavy (non-hydrogen) atoms. The standard InChI is InChI=1S/C2H2O4.BF2O3.Li/c3-1(4)2(5)6;2-5-1(4)6-3;/h(H,3,4)(H,5,6);;/q;-1;+1. The van der Waals surface area contributed by atoms with Crippen LogP contribution in [0, 0.1) is 0 Å². The number of hydrogen-bond donors (Lipinski definition) is 2. The Morgan fingerprint density at radius 1 is 1.15 bits per heavy atom. The van der Waals surface area contributed by atoms with Crippen LogP contribution in [0.25, 0.3) is 0 Å². The molecule has 0 unspecified atom stereocenters. The van der Waals surface area contributed by atoms with Crippen molar-refractivity contribution in [3.05, 3.63) is 0 Å². The Morgan fingerprint density at radius 3 is 1.38 bits per heavy atom. The van der Waals surface area contributed by atoms with Gasteiger partial charge in [-0.3, -0.25) is 0 Å². The summed E-state index contributed by atoms with van der Waals surface area (Å²) in [5.74, 6) is -3.65. The Morgan fingerprint density at radius 2 is 1.38 bits per heavy atom. The van der Waals surface area contributed by atoms with Crippen molar-refractivity contribution < 1.29 is 62.5 Å². The summed E-state index contributed by atoms with van der Waals surface area (Å²) in [6.45, 7) is 0. The zero-order valence-electron chi connectivity index (χ0n) is 6.27. The normalized spacial score (nSPS) is 7.31. The van der Waals surface area contributed by atoms with E-state index in [0.29, 0.717) is 0 Å². The third-order valence-electron chi connectivity index (χ3n) is 0.328. The van der Waals surface area contributed by atoms with E-state index in [1.807, 2.05) is 0 Å². The SMILES string of the molecule is O=C(O)C(=O)O.[Li+].[O-]B(OF)OF. The minimum absolute atomic E-state index is 0. The van der Waals surface area contributed by atoms with Crippen LogP contribution in [0.2, 0.25) is 0 Å². The van der Waals surface area contributed by atoms with E-state index < -0.39 is 19.3 Å². The third kappa shape index (κ3) is 18.4. The summed E-state index contributed by atoms with van der Waals surface area (Å²) in [5.41, 5.74) is 0. The van der Waals surface area contributed by atoms with E-state index in [9.17, 15) is 9.05 Å². The van der Waals surface area contributed by atoms with E-state index in [1.54, 1.807) is 0 Å². The Bertz CT molecular complexity index is 139. The summed E-state index contributed by atoms with van der Waals surface area (Å²) in [7, 11) is -2.65. The first-order chi connectivity index (χ1) is 5.45. The van der Waals surface area contributed by atoms with Crippen LogP contribution >= 0.6 is 0 Å². The monoisotopic (exact) mass is 194 g/mol. The fraction of sp³-hybridized carbons (Fsp3) is 0. The van der Waals surface area contributed by atoms with Crippen molar-refractivity contribution >= 4 is 19.3 Å². The van der Waals surface area contributed by atoms with Crippen LogP contribution in [0.15, 0.2) is 0 Å². The number of hydrogen-bond acceptors (Lipinski definition) is 5. The van der Waals surface area contributed by atoms with Crippen molar-refractivity contribution in [1.82, 2.24) is 0 Å². The van der Waals surface area contributed by atoms with Gasteiger partial charge in [0.05, 0.1) is 0 Å². The van der Waals surface area contributed by atoms with Gasteiger partial charge in [-0.05, 0) is 0 Å². The predicted octanol–water partition coefficient (Wildman–Crippen LogP) is -4.71. The van der Waals surface area contributed by atoms with Crippen molar-refractivity contribution in [1.29, 1.82) is 0 Å². The third-order valence-corrected chi connectivity index (χ3v) is 0.328. The predicted molar refractivity (Wildman–Crippen MR) is 25.4 cm³/mol. The Labute approximate surface area is 82.4 Å². The second-order valence-corrected chi connectivity index (χ2v) is 1.08. The van der Waals surface area contributed by atoms with E-state index in [2.05, 4.69) is 9.72 Å². The van der Waals surface area contributed by atoms with Gasteiger partial charge in [-0.25, -0.2) is 19.3 Å². The quantitative estimate of drug-likeness (QED) is 0.335. The second kappa shape index (κ2) is 11.3. The first kappa shape index (κ1) is 18.2. The summed E-state index contributed by atoms with van der Waals surface area (Å²) in [4.78, 5) is 22.7. The molecule has 0 aliphatic heterocycles. The molecule has 0 radical (unpaired) electrons. The van der Waals surface area contributed by atoms with Crippen molar-refractivity contribution in [3.63, 3.8) is 0 Å². The van der Waals surface area contributed by atoms with Crippen LogP contribution < -0.4 is 23.9 Å². The number of carboxylic acids is 2. The summed E-state index contributed by atoms with van der Waals surface area (Å²) < 4.78 is 20.4. The Hall–Kier alpha value is -0.658. The smallest absolute Gasteiger partial charge is 0.827 e. The summed E-state index contributed by atoms with van der Waals surface area (Å²) >= 11 is 0. The van der Waals surface area contributed by atoms with Crippen LogP contribution in [0.5, 0.6) is 0 Å². The fourth-order valence-corrected chi connectivity index (χ4v) is 0.0137. The van der Waals surface area contributed by atoms with Crippen molar-refractivity contribution in [2.75, 3.05) is 0 Å². The van der Waals surface area contributed by atoms with Gasteiger partial charge in [0.2, 0.25) is 0 Å². The van der Waals surface area contributed by atoms with Gasteiger partial charge in [0.25, 0.3) is 0 Å². The maximum atomic E-state index is 10.2. The molecule has 11 heteroatoms. The zero-order valence-corrected chi connectivity index (χ0v) is 6.27. The number of halogens is 2. The fourth-order valence-electron chi connectivity index (χ4n) is 0.0137. The van der Waals surface area contributed by atoms with Crippen molar-refractivity contribution in [3.8, 4) is 0 Å². The average molecular weight is 194 g/mol. The first-order valence-electron chi connectivity index (χ1n) is 2.12. The van der Waals surface area contributed by atoms with Crippen LogP contribution in [-0.4, -0.2) is 29.5 Å². The molecule has 0 atom stereocenters. The minimum atomic E-state index is -2.65. The van der Waals surface area contributed by atoms with Gasteiger partial charge >= 0.3 is 38.1 Å². The molecule has 2 N–H and O–H groups in total. The average Bonchev–Trinajstić information content (AvgIpc) is 2.04. The molecule has 0 aromatic carbocycles. The molecule has 0 spiro atoms. The van der Waals surface area contributed by atoms with Gasteiger partial charge in [0, 0.05) is 0 Å². The molecule has 70 valence electrons. The van der Waals surface area contributed by atoms with Gasteiger partial charge in [0.15, 0.2) is 0 Å². The van der Waals surface area contributed by atoms with Crippen LogP contribution in [-0.2, 0) is 19.3 Å². The molecule has 0 aromatic heterocycles. The Kier molecular flexibility index (Phi) is 15.9. The molecule has 7 nitrogen and oxygen atoms in total. The number of carboxylic acid groups (broad SMARTS) is 2. The van der Waals surface area contributed by atoms with Gasteiger partial charge in [-0.15, -0.1) is 0 Å². The molecule has 0 aliphatic carbocycles. The van der Waals surface area contributed by atoms with E-state index in [-0.39, 0.29) is 18.9 Å². The number of carbonyl (C=O) groups is 2. The van der Waals surface area contributed by atoms with Crippen LogP contribution in [0.4, 0.5) is 9.05 Å².